The van der Waals surface area contributed by atoms with Gasteiger partial charge in [0, 0.05) is 42.7 Å². The number of hydrogen-bond donors (Lipinski definition) is 5. The molecule has 1 amide bonds. The van der Waals surface area contributed by atoms with Gasteiger partial charge >= 0.3 is 14.4 Å². The Hall–Kier alpha value is -4.57. The number of aromatic nitrogens is 5. The van der Waals surface area contributed by atoms with E-state index >= 15 is 0 Å². The number of aliphatic hydroxyl groups is 1. The predicted molar refractivity (Wildman–Crippen MR) is 150 cm³/mol. The number of benzene rings is 1. The summed E-state index contributed by atoms with van der Waals surface area (Å²) in [6.45, 7) is 0.249. The first-order valence-electron chi connectivity index (χ1n) is 12.9. The fourth-order valence-electron chi connectivity index (χ4n) is 3.89. The molecular formula is C26H26F4N8O5P+. The molecule has 4 aromatic rings. The molecular weight excluding hydrogens is 611 g/mol. The maximum Gasteiger partial charge on any atom is 0.695 e. The van der Waals surface area contributed by atoms with Gasteiger partial charge < -0.3 is 21.1 Å². The van der Waals surface area contributed by atoms with Crippen LogP contribution in [-0.2, 0) is 28.4 Å². The molecule has 18 heteroatoms. The van der Waals surface area contributed by atoms with Gasteiger partial charge in [-0.1, -0.05) is 6.07 Å². The summed E-state index contributed by atoms with van der Waals surface area (Å²) in [6, 6.07) is 6.46. The molecule has 0 radical (unpaired) electrons. The minimum atomic E-state index is -4.90. The van der Waals surface area contributed by atoms with Crippen LogP contribution in [0.2, 0.25) is 0 Å². The number of aliphatic hydroxyl groups excluding tert-OH is 1. The van der Waals surface area contributed by atoms with Crippen molar-refractivity contribution in [3.05, 3.63) is 71.6 Å². The highest BCUT2D eigenvalue weighted by Crippen LogP contribution is 2.36. The molecule has 232 valence electrons. The van der Waals surface area contributed by atoms with Gasteiger partial charge in [0.1, 0.15) is 23.8 Å². The largest absolute Gasteiger partial charge is 0.695 e. The third-order valence-corrected chi connectivity index (χ3v) is 6.38. The number of carbonyl (C=O) groups is 1. The average Bonchev–Trinajstić information content (AvgIpc) is 3.45. The molecule has 44 heavy (non-hydrogen) atoms. The highest BCUT2D eigenvalue weighted by atomic mass is 31.1. The van der Waals surface area contributed by atoms with E-state index in [1.807, 2.05) is 0 Å². The lowest BCUT2D eigenvalue weighted by atomic mass is 10.1. The number of rotatable bonds is 13. The van der Waals surface area contributed by atoms with E-state index in [-0.39, 0.29) is 35.8 Å². The number of aryl methyl sites for hydroxylation is 1. The summed E-state index contributed by atoms with van der Waals surface area (Å²) in [5, 5.41) is 20.6. The van der Waals surface area contributed by atoms with E-state index in [1.54, 1.807) is 10.9 Å². The van der Waals surface area contributed by atoms with Crippen LogP contribution in [0.1, 0.15) is 34.5 Å². The van der Waals surface area contributed by atoms with E-state index in [4.69, 9.17) is 10.00 Å². The van der Waals surface area contributed by atoms with Gasteiger partial charge in [-0.25, -0.2) is 14.4 Å². The van der Waals surface area contributed by atoms with E-state index in [0.29, 0.717) is 36.8 Å². The normalized spacial score (nSPS) is 11.8. The van der Waals surface area contributed by atoms with Crippen LogP contribution < -0.4 is 16.0 Å². The summed E-state index contributed by atoms with van der Waals surface area (Å²) < 4.78 is 73.2. The van der Waals surface area contributed by atoms with Gasteiger partial charge in [-0.3, -0.25) is 9.48 Å². The fourth-order valence-corrected chi connectivity index (χ4v) is 4.15. The smallest absolute Gasteiger partial charge is 0.396 e. The maximum atomic E-state index is 14.6. The lowest BCUT2D eigenvalue weighted by molar-refractivity contribution is -0.137. The number of nitrogens with one attached hydrogen (secondary N) is 3. The zero-order chi connectivity index (χ0) is 31.9. The van der Waals surface area contributed by atoms with Gasteiger partial charge in [0.25, 0.3) is 5.91 Å². The van der Waals surface area contributed by atoms with E-state index < -0.39 is 43.5 Å². The van der Waals surface area contributed by atoms with E-state index in [2.05, 4.69) is 40.5 Å². The Labute approximate surface area is 248 Å². The molecule has 3 heterocycles. The molecule has 4 rings (SSSR count). The number of halogens is 4. The summed E-state index contributed by atoms with van der Waals surface area (Å²) in [4.78, 5) is 33.4. The zero-order valence-electron chi connectivity index (χ0n) is 23.0. The van der Waals surface area contributed by atoms with Crippen LogP contribution in [0.15, 0.2) is 48.9 Å². The van der Waals surface area contributed by atoms with Gasteiger partial charge in [-0.05, 0) is 42.7 Å². The number of hydrogen-bond acceptors (Lipinski definition) is 10. The molecule has 0 saturated heterocycles. The van der Waals surface area contributed by atoms with Crippen LogP contribution >= 0.6 is 8.25 Å². The number of anilines is 4. The van der Waals surface area contributed by atoms with E-state index in [9.17, 15) is 26.9 Å². The van der Waals surface area contributed by atoms with Crippen molar-refractivity contribution in [3.8, 4) is 11.3 Å². The number of carbonyl (C=O) groups excluding carboxylic acids is 1. The Morgan fingerprint density at radius 2 is 1.86 bits per heavy atom. The SMILES string of the molecule is CNC(=O)c1nc(-c2cnn(CCCCO)c2)ccc1Nc1nc(Nc2ccc(CO[P+](=O)O)cc2F)ncc1C(F)(F)F. The lowest BCUT2D eigenvalue weighted by Crippen LogP contribution is -2.21. The molecule has 1 atom stereocenters. The highest BCUT2D eigenvalue weighted by molar-refractivity contribution is 7.32. The van der Waals surface area contributed by atoms with Crippen LogP contribution in [0.5, 0.6) is 0 Å². The topological polar surface area (TPSA) is 176 Å². The molecule has 1 aromatic carbocycles. The molecule has 0 fully saturated rings. The lowest BCUT2D eigenvalue weighted by Gasteiger charge is -2.17. The number of pyridine rings is 1. The molecule has 5 N–H and O–H groups in total. The number of nitrogens with zero attached hydrogens (tertiary/aromatic N) is 5. The standard InChI is InChI=1S/C26H25F4N8O5P/c1-31-24(40)22-21(7-6-19(34-22)16-11-33-38(13-16)8-2-3-9-39)35-23-17(26(28,29)30)12-32-25(37-23)36-20-5-4-15(10-18(20)27)14-43-44(41)42/h4-7,10-13,39H,2-3,8-9,14H2,1H3,(H3-,31,32,35,36,37,40,41,42)/p+1. The molecule has 3 aromatic heterocycles. The average molecular weight is 638 g/mol. The molecule has 0 aliphatic rings. The van der Waals surface area contributed by atoms with Crippen molar-refractivity contribution in [1.82, 2.24) is 30.0 Å². The summed E-state index contributed by atoms with van der Waals surface area (Å²) in [5.74, 6) is -2.68. The van der Waals surface area contributed by atoms with Crippen molar-refractivity contribution >= 4 is 37.3 Å². The Balaban J connectivity index is 1.64. The second-order valence-electron chi connectivity index (χ2n) is 9.12. The van der Waals surface area contributed by atoms with Gasteiger partial charge in [0.05, 0.1) is 23.3 Å². The van der Waals surface area contributed by atoms with Crippen molar-refractivity contribution in [2.75, 3.05) is 24.3 Å². The van der Waals surface area contributed by atoms with Crippen molar-refractivity contribution < 1.29 is 41.4 Å². The Kier molecular flexibility index (Phi) is 10.5. The van der Waals surface area contributed by atoms with Gasteiger partial charge in [-0.2, -0.15) is 23.3 Å². The molecule has 0 spiro atoms. The van der Waals surface area contributed by atoms with Gasteiger partial charge in [-0.15, -0.1) is 9.42 Å². The van der Waals surface area contributed by atoms with Crippen molar-refractivity contribution in [1.29, 1.82) is 0 Å². The van der Waals surface area contributed by atoms with Gasteiger partial charge in [0.15, 0.2) is 5.69 Å². The quantitative estimate of drug-likeness (QED) is 0.0782. The first-order chi connectivity index (χ1) is 21.0. The van der Waals surface area contributed by atoms with Crippen molar-refractivity contribution in [2.24, 2.45) is 0 Å². The monoisotopic (exact) mass is 637 g/mol. The van der Waals surface area contributed by atoms with E-state index in [0.717, 1.165) is 6.07 Å². The number of amides is 1. The molecule has 13 nitrogen and oxygen atoms in total. The first-order valence-corrected chi connectivity index (χ1v) is 14.0. The Morgan fingerprint density at radius 1 is 1.09 bits per heavy atom. The summed E-state index contributed by atoms with van der Waals surface area (Å²) >= 11 is 0. The first kappa shape index (κ1) is 32.3. The second-order valence-corrected chi connectivity index (χ2v) is 9.86. The molecule has 1 unspecified atom stereocenters. The van der Waals surface area contributed by atoms with E-state index in [1.165, 1.54) is 37.5 Å². The Bertz CT molecular complexity index is 1650. The van der Waals surface area contributed by atoms with Gasteiger partial charge in [0.2, 0.25) is 5.95 Å². The van der Waals surface area contributed by atoms with Crippen LogP contribution in [-0.4, -0.2) is 54.3 Å². The second kappa shape index (κ2) is 14.3. The minimum absolute atomic E-state index is 0.0523. The molecule has 0 bridgehead atoms. The fraction of sp³-hybridized carbons (Fsp3) is 0.269. The third kappa shape index (κ3) is 8.29. The molecule has 0 aliphatic heterocycles. The predicted octanol–water partition coefficient (Wildman–Crippen LogP) is 4.68. The maximum absolute atomic E-state index is 14.6. The molecule has 0 aliphatic carbocycles. The minimum Gasteiger partial charge on any atom is -0.396 e. The van der Waals surface area contributed by atoms with Crippen LogP contribution in [0.3, 0.4) is 0 Å². The third-order valence-electron chi connectivity index (χ3n) is 6.03. The zero-order valence-corrected chi connectivity index (χ0v) is 23.9. The molecule has 0 saturated carbocycles. The Morgan fingerprint density at radius 3 is 2.55 bits per heavy atom. The van der Waals surface area contributed by atoms with Crippen LogP contribution in [0, 0.1) is 5.82 Å². The summed E-state index contributed by atoms with van der Waals surface area (Å²) in [6.07, 6.45) is 0.113. The number of alkyl halides is 3. The van der Waals surface area contributed by atoms with Crippen LogP contribution in [0.25, 0.3) is 11.3 Å². The van der Waals surface area contributed by atoms with Crippen molar-refractivity contribution in [2.45, 2.75) is 32.2 Å². The summed E-state index contributed by atoms with van der Waals surface area (Å²) in [7, 11) is -1.55. The highest BCUT2D eigenvalue weighted by Gasteiger charge is 2.36. The number of unbranched alkanes of at least 4 members (excludes halogenated alkanes) is 1. The summed E-state index contributed by atoms with van der Waals surface area (Å²) in [5.41, 5.74) is -0.664. The van der Waals surface area contributed by atoms with Crippen molar-refractivity contribution in [3.63, 3.8) is 0 Å². The van der Waals surface area contributed by atoms with Crippen LogP contribution in [0.4, 0.5) is 40.7 Å².